The largest absolute Gasteiger partial charge is 0.377 e. The molecular weight excluding hydrogens is 357 g/mol. The molecule has 118 valence electrons. The molecule has 0 spiro atoms. The standard InChI is InChI=1S/C13H16Cl3NO3S/c14-3-6-20-12-1-4-17(5-2-12)21(18,19)13-8-10(15)7-11(16)9-13/h7-9,12H,1-6H2. The van der Waals surface area contributed by atoms with Gasteiger partial charge >= 0.3 is 0 Å². The van der Waals surface area contributed by atoms with Gasteiger partial charge in [0.1, 0.15) is 0 Å². The maximum atomic E-state index is 12.6. The quantitative estimate of drug-likeness (QED) is 0.744. The molecule has 1 fully saturated rings. The van der Waals surface area contributed by atoms with E-state index in [0.717, 1.165) is 0 Å². The lowest BCUT2D eigenvalue weighted by atomic mass is 10.1. The SMILES string of the molecule is O=S(=O)(c1cc(Cl)cc(Cl)c1)N1CCC(OCCCl)CC1. The van der Waals surface area contributed by atoms with E-state index in [9.17, 15) is 8.42 Å². The molecule has 1 heterocycles. The molecule has 0 bridgehead atoms. The van der Waals surface area contributed by atoms with Gasteiger partial charge in [-0.15, -0.1) is 11.6 Å². The molecule has 1 aliphatic rings. The Bertz CT molecular complexity index is 566. The Morgan fingerprint density at radius 2 is 1.71 bits per heavy atom. The second kappa shape index (κ2) is 7.49. The van der Waals surface area contributed by atoms with Crippen molar-refractivity contribution in [1.82, 2.24) is 4.31 Å². The van der Waals surface area contributed by atoms with Gasteiger partial charge in [0.05, 0.1) is 17.6 Å². The minimum absolute atomic E-state index is 0.0677. The first-order valence-electron chi connectivity index (χ1n) is 6.57. The molecule has 1 saturated heterocycles. The van der Waals surface area contributed by atoms with Crippen molar-refractivity contribution in [3.05, 3.63) is 28.2 Å². The molecule has 0 radical (unpaired) electrons. The number of hydrogen-bond donors (Lipinski definition) is 0. The molecule has 0 atom stereocenters. The molecule has 1 aromatic rings. The number of nitrogens with zero attached hydrogens (tertiary/aromatic N) is 1. The first-order valence-corrected chi connectivity index (χ1v) is 9.30. The number of hydrogen-bond acceptors (Lipinski definition) is 3. The lowest BCUT2D eigenvalue weighted by Crippen LogP contribution is -2.41. The highest BCUT2D eigenvalue weighted by molar-refractivity contribution is 7.89. The topological polar surface area (TPSA) is 46.6 Å². The van der Waals surface area contributed by atoms with Gasteiger partial charge in [0.2, 0.25) is 10.0 Å². The third-order valence-corrected chi connectivity index (χ3v) is 5.77. The van der Waals surface area contributed by atoms with Crippen molar-refractivity contribution < 1.29 is 13.2 Å². The normalized spacial score (nSPS) is 18.0. The summed E-state index contributed by atoms with van der Waals surface area (Å²) in [4.78, 5) is 0.125. The van der Waals surface area contributed by atoms with Crippen molar-refractivity contribution >= 4 is 44.8 Å². The van der Waals surface area contributed by atoms with Crippen LogP contribution in [0.1, 0.15) is 12.8 Å². The molecule has 2 rings (SSSR count). The zero-order valence-electron chi connectivity index (χ0n) is 11.3. The van der Waals surface area contributed by atoms with Gasteiger partial charge in [0.15, 0.2) is 0 Å². The van der Waals surface area contributed by atoms with Crippen LogP contribution in [-0.2, 0) is 14.8 Å². The van der Waals surface area contributed by atoms with E-state index in [2.05, 4.69) is 0 Å². The highest BCUT2D eigenvalue weighted by Gasteiger charge is 2.30. The monoisotopic (exact) mass is 371 g/mol. The van der Waals surface area contributed by atoms with Gasteiger partial charge in [-0.05, 0) is 31.0 Å². The van der Waals surface area contributed by atoms with Crippen LogP contribution in [-0.4, -0.2) is 44.4 Å². The van der Waals surface area contributed by atoms with Crippen molar-refractivity contribution in [2.45, 2.75) is 23.8 Å². The summed E-state index contributed by atoms with van der Waals surface area (Å²) >= 11 is 17.3. The highest BCUT2D eigenvalue weighted by Crippen LogP contribution is 2.27. The van der Waals surface area contributed by atoms with Crippen molar-refractivity contribution in [1.29, 1.82) is 0 Å². The van der Waals surface area contributed by atoms with Crippen LogP contribution in [0.25, 0.3) is 0 Å². The van der Waals surface area contributed by atoms with Crippen LogP contribution in [0.15, 0.2) is 23.1 Å². The number of rotatable bonds is 5. The van der Waals surface area contributed by atoms with E-state index in [4.69, 9.17) is 39.5 Å². The minimum Gasteiger partial charge on any atom is -0.377 e. The Morgan fingerprint density at radius 1 is 1.14 bits per heavy atom. The first-order chi connectivity index (χ1) is 9.93. The van der Waals surface area contributed by atoms with E-state index in [1.807, 2.05) is 0 Å². The zero-order valence-corrected chi connectivity index (χ0v) is 14.4. The lowest BCUT2D eigenvalue weighted by Gasteiger charge is -2.31. The van der Waals surface area contributed by atoms with Crippen molar-refractivity contribution in [2.75, 3.05) is 25.6 Å². The summed E-state index contributed by atoms with van der Waals surface area (Å²) in [6.07, 6.45) is 1.38. The lowest BCUT2D eigenvalue weighted by molar-refractivity contribution is 0.0301. The van der Waals surface area contributed by atoms with Gasteiger partial charge in [-0.25, -0.2) is 8.42 Å². The molecule has 8 heteroatoms. The van der Waals surface area contributed by atoms with Crippen LogP contribution < -0.4 is 0 Å². The number of ether oxygens (including phenoxy) is 1. The predicted molar refractivity (Wildman–Crippen MR) is 84.9 cm³/mol. The van der Waals surface area contributed by atoms with Crippen LogP contribution >= 0.6 is 34.8 Å². The van der Waals surface area contributed by atoms with Crippen LogP contribution in [0.4, 0.5) is 0 Å². The van der Waals surface area contributed by atoms with E-state index in [-0.39, 0.29) is 11.0 Å². The van der Waals surface area contributed by atoms with Crippen molar-refractivity contribution in [3.63, 3.8) is 0 Å². The Kier molecular flexibility index (Phi) is 6.17. The molecule has 21 heavy (non-hydrogen) atoms. The number of sulfonamides is 1. The fraction of sp³-hybridized carbons (Fsp3) is 0.538. The molecule has 0 saturated carbocycles. The van der Waals surface area contributed by atoms with Gasteiger partial charge in [-0.2, -0.15) is 4.31 Å². The van der Waals surface area contributed by atoms with E-state index in [1.165, 1.54) is 22.5 Å². The summed E-state index contributed by atoms with van der Waals surface area (Å²) < 4.78 is 32.1. The van der Waals surface area contributed by atoms with Crippen molar-refractivity contribution in [2.24, 2.45) is 0 Å². The number of benzene rings is 1. The molecule has 4 nitrogen and oxygen atoms in total. The molecule has 0 aromatic heterocycles. The number of piperidine rings is 1. The summed E-state index contributed by atoms with van der Waals surface area (Å²) in [7, 11) is -3.57. The second-order valence-corrected chi connectivity index (χ2v) is 7.96. The molecule has 0 aliphatic carbocycles. The van der Waals surface area contributed by atoms with Crippen LogP contribution in [0.5, 0.6) is 0 Å². The van der Waals surface area contributed by atoms with Gasteiger partial charge in [-0.1, -0.05) is 23.2 Å². The fourth-order valence-electron chi connectivity index (χ4n) is 2.28. The molecule has 1 aliphatic heterocycles. The Morgan fingerprint density at radius 3 is 2.24 bits per heavy atom. The fourth-order valence-corrected chi connectivity index (χ4v) is 4.56. The third-order valence-electron chi connectivity index (χ3n) is 3.31. The van der Waals surface area contributed by atoms with Crippen LogP contribution in [0, 0.1) is 0 Å². The maximum absolute atomic E-state index is 12.6. The van der Waals surface area contributed by atoms with E-state index < -0.39 is 10.0 Å². The summed E-state index contributed by atoms with van der Waals surface area (Å²) in [6, 6.07) is 4.34. The Labute approximate surface area is 140 Å². The smallest absolute Gasteiger partial charge is 0.243 e. The molecule has 0 amide bonds. The van der Waals surface area contributed by atoms with Crippen molar-refractivity contribution in [3.8, 4) is 0 Å². The van der Waals surface area contributed by atoms with Gasteiger partial charge < -0.3 is 4.74 Å². The van der Waals surface area contributed by atoms with E-state index >= 15 is 0 Å². The summed E-state index contributed by atoms with van der Waals surface area (Å²) in [5.74, 6) is 0.444. The molecule has 0 N–H and O–H groups in total. The van der Waals surface area contributed by atoms with Crippen LogP contribution in [0.3, 0.4) is 0 Å². The molecule has 0 unspecified atom stereocenters. The van der Waals surface area contributed by atoms with Gasteiger partial charge in [0, 0.05) is 29.0 Å². The predicted octanol–water partition coefficient (Wildman–Crippen LogP) is 3.40. The summed E-state index contributed by atoms with van der Waals surface area (Å²) in [5, 5.41) is 0.614. The Balaban J connectivity index is 2.07. The highest BCUT2D eigenvalue weighted by atomic mass is 35.5. The molecule has 1 aromatic carbocycles. The average molecular weight is 373 g/mol. The summed E-state index contributed by atoms with van der Waals surface area (Å²) in [5.41, 5.74) is 0. The number of alkyl halides is 1. The third kappa shape index (κ3) is 4.47. The van der Waals surface area contributed by atoms with E-state index in [0.29, 0.717) is 48.5 Å². The number of halogens is 3. The van der Waals surface area contributed by atoms with Gasteiger partial charge in [0.25, 0.3) is 0 Å². The Hall–Kier alpha value is -0.0400. The maximum Gasteiger partial charge on any atom is 0.243 e. The van der Waals surface area contributed by atoms with Crippen LogP contribution in [0.2, 0.25) is 10.0 Å². The zero-order chi connectivity index (χ0) is 15.5. The average Bonchev–Trinajstić information content (AvgIpc) is 2.44. The summed E-state index contributed by atoms with van der Waals surface area (Å²) in [6.45, 7) is 1.32. The van der Waals surface area contributed by atoms with Gasteiger partial charge in [-0.3, -0.25) is 0 Å². The second-order valence-electron chi connectivity index (χ2n) is 4.77. The first kappa shape index (κ1) is 17.3. The van der Waals surface area contributed by atoms with E-state index in [1.54, 1.807) is 0 Å². The minimum atomic E-state index is -3.57. The molecular formula is C13H16Cl3NO3S.